The maximum atomic E-state index is 13.1. The molecule has 178 valence electrons. The minimum atomic E-state index is -0.447. The van der Waals surface area contributed by atoms with E-state index in [2.05, 4.69) is 26.2 Å². The molecule has 0 spiro atoms. The van der Waals surface area contributed by atoms with E-state index in [9.17, 15) is 14.9 Å². The summed E-state index contributed by atoms with van der Waals surface area (Å²) in [6.45, 7) is 0.311. The van der Waals surface area contributed by atoms with Gasteiger partial charge in [-0.1, -0.05) is 0 Å². The molecule has 0 aliphatic heterocycles. The number of aryl methyl sites for hydroxylation is 1. The minimum absolute atomic E-state index is 0.00603. The Morgan fingerprint density at radius 1 is 1.23 bits per heavy atom. The molecule has 1 aliphatic rings. The number of halogens is 1. The van der Waals surface area contributed by atoms with E-state index in [-0.39, 0.29) is 11.6 Å². The molecule has 3 heterocycles. The molecule has 0 saturated carbocycles. The van der Waals surface area contributed by atoms with Gasteiger partial charge in [0, 0.05) is 27.0 Å². The highest BCUT2D eigenvalue weighted by Crippen LogP contribution is 2.40. The molecule has 3 aromatic heterocycles. The molecule has 0 atom stereocenters. The standard InChI is InChI=1S/C25H20BrN3O5S/c26-20-12-15(29(31)32)7-9-18(20)21-10-8-17(34-21)14-28-25-23(19-5-1-2-6-22(19)35-25)24(30)27-13-16-4-3-11-33-16/h3-4,7-12,14H,1-2,5-6,13H2,(H,27,30)/b28-14-. The number of carbonyl (C=O) groups excluding carboxylic acids is 1. The Morgan fingerprint density at radius 2 is 2.09 bits per heavy atom. The second kappa shape index (κ2) is 10.0. The Hall–Kier alpha value is -3.50. The highest BCUT2D eigenvalue weighted by Gasteiger charge is 2.25. The number of nitro groups is 1. The molecule has 0 radical (unpaired) electrons. The number of nitro benzene ring substituents is 1. The Balaban J connectivity index is 1.39. The first kappa shape index (κ1) is 23.3. The van der Waals surface area contributed by atoms with Gasteiger partial charge < -0.3 is 14.2 Å². The molecule has 0 bridgehead atoms. The molecule has 0 unspecified atom stereocenters. The lowest BCUT2D eigenvalue weighted by Gasteiger charge is -2.12. The quantitative estimate of drug-likeness (QED) is 0.153. The molecule has 1 aliphatic carbocycles. The van der Waals surface area contributed by atoms with Crippen molar-refractivity contribution in [2.24, 2.45) is 4.99 Å². The molecular weight excluding hydrogens is 534 g/mol. The second-order valence-corrected chi connectivity index (χ2v) is 9.97. The molecular formula is C25H20BrN3O5S. The zero-order valence-corrected chi connectivity index (χ0v) is 20.9. The summed E-state index contributed by atoms with van der Waals surface area (Å²) >= 11 is 4.92. The van der Waals surface area contributed by atoms with Crippen molar-refractivity contribution in [3.63, 3.8) is 0 Å². The van der Waals surface area contributed by atoms with Crippen LogP contribution in [0.15, 0.2) is 67.0 Å². The Bertz CT molecular complexity index is 1420. The second-order valence-electron chi connectivity index (χ2n) is 8.03. The van der Waals surface area contributed by atoms with Crippen LogP contribution < -0.4 is 5.32 Å². The smallest absolute Gasteiger partial charge is 0.270 e. The van der Waals surface area contributed by atoms with Crippen molar-refractivity contribution in [1.29, 1.82) is 0 Å². The fourth-order valence-corrected chi connectivity index (χ4v) is 5.84. The molecule has 1 amide bonds. The predicted molar refractivity (Wildman–Crippen MR) is 137 cm³/mol. The highest BCUT2D eigenvalue weighted by atomic mass is 79.9. The number of non-ortho nitro benzene ring substituents is 1. The third-order valence-electron chi connectivity index (χ3n) is 5.75. The van der Waals surface area contributed by atoms with E-state index in [1.165, 1.54) is 17.0 Å². The summed E-state index contributed by atoms with van der Waals surface area (Å²) in [5.74, 6) is 1.59. The molecule has 10 heteroatoms. The van der Waals surface area contributed by atoms with Crippen molar-refractivity contribution in [3.8, 4) is 11.3 Å². The van der Waals surface area contributed by atoms with Gasteiger partial charge in [-0.3, -0.25) is 14.9 Å². The first-order valence-electron chi connectivity index (χ1n) is 11.0. The maximum Gasteiger partial charge on any atom is 0.270 e. The van der Waals surface area contributed by atoms with E-state index in [1.807, 2.05) is 6.07 Å². The third-order valence-corrected chi connectivity index (χ3v) is 7.60. The molecule has 35 heavy (non-hydrogen) atoms. The number of benzene rings is 1. The summed E-state index contributed by atoms with van der Waals surface area (Å²) in [5, 5.41) is 14.6. The van der Waals surface area contributed by atoms with Crippen LogP contribution in [-0.4, -0.2) is 17.0 Å². The number of hydrogen-bond donors (Lipinski definition) is 1. The van der Waals surface area contributed by atoms with Crippen LogP contribution in [-0.2, 0) is 19.4 Å². The molecule has 5 rings (SSSR count). The number of nitrogens with zero attached hydrogens (tertiary/aromatic N) is 2. The van der Waals surface area contributed by atoms with E-state index in [0.717, 1.165) is 31.2 Å². The number of furan rings is 2. The molecule has 1 aromatic carbocycles. The SMILES string of the molecule is O=C(NCc1ccco1)c1c(/N=C\c2ccc(-c3ccc([N+](=O)[O-])cc3Br)o2)sc2c1CCCC2. The van der Waals surface area contributed by atoms with Crippen LogP contribution in [0.25, 0.3) is 11.3 Å². The maximum absolute atomic E-state index is 13.1. The fraction of sp³-hybridized carbons (Fsp3) is 0.200. The molecule has 8 nitrogen and oxygen atoms in total. The lowest BCUT2D eigenvalue weighted by Crippen LogP contribution is -2.23. The van der Waals surface area contributed by atoms with Crippen molar-refractivity contribution in [2.75, 3.05) is 0 Å². The van der Waals surface area contributed by atoms with Gasteiger partial charge >= 0.3 is 0 Å². The number of hydrogen-bond acceptors (Lipinski definition) is 7. The van der Waals surface area contributed by atoms with Gasteiger partial charge in [0.1, 0.15) is 22.3 Å². The van der Waals surface area contributed by atoms with Crippen molar-refractivity contribution >= 4 is 50.1 Å². The monoisotopic (exact) mass is 553 g/mol. The van der Waals surface area contributed by atoms with Crippen LogP contribution in [0.1, 0.15) is 45.2 Å². The van der Waals surface area contributed by atoms with Crippen LogP contribution in [0, 0.1) is 10.1 Å². The van der Waals surface area contributed by atoms with Gasteiger partial charge in [0.05, 0.1) is 29.5 Å². The summed E-state index contributed by atoms with van der Waals surface area (Å²) in [6, 6.07) is 11.7. The van der Waals surface area contributed by atoms with Crippen LogP contribution in [0.2, 0.25) is 0 Å². The molecule has 1 N–H and O–H groups in total. The summed E-state index contributed by atoms with van der Waals surface area (Å²) in [5.41, 5.74) is 2.39. The number of amides is 1. The first-order chi connectivity index (χ1) is 17.0. The summed E-state index contributed by atoms with van der Waals surface area (Å²) in [7, 11) is 0. The van der Waals surface area contributed by atoms with Gasteiger partial charge in [0.2, 0.25) is 0 Å². The highest BCUT2D eigenvalue weighted by molar-refractivity contribution is 9.10. The topological polar surface area (TPSA) is 111 Å². The average molecular weight is 554 g/mol. The predicted octanol–water partition coefficient (Wildman–Crippen LogP) is 6.83. The van der Waals surface area contributed by atoms with Crippen LogP contribution in [0.5, 0.6) is 0 Å². The van der Waals surface area contributed by atoms with Gasteiger partial charge in [-0.05, 0) is 77.5 Å². The normalized spacial score (nSPS) is 13.2. The Morgan fingerprint density at radius 3 is 2.86 bits per heavy atom. The minimum Gasteiger partial charge on any atom is -0.467 e. The van der Waals surface area contributed by atoms with Crippen LogP contribution in [0.3, 0.4) is 0 Å². The Labute approximate surface area is 213 Å². The van der Waals surface area contributed by atoms with Crippen molar-refractivity contribution in [3.05, 3.63) is 90.8 Å². The number of carbonyl (C=O) groups is 1. The van der Waals surface area contributed by atoms with Crippen LogP contribution in [0.4, 0.5) is 10.7 Å². The molecule has 0 saturated heterocycles. The van der Waals surface area contributed by atoms with E-state index < -0.39 is 4.92 Å². The molecule has 0 fully saturated rings. The Kier molecular flexibility index (Phi) is 6.65. The van der Waals surface area contributed by atoms with Gasteiger partial charge in [0.25, 0.3) is 11.6 Å². The zero-order valence-electron chi connectivity index (χ0n) is 18.5. The number of aliphatic imine (C=N–C) groups is 1. The number of thiophene rings is 1. The van der Waals surface area contributed by atoms with Gasteiger partial charge in [-0.2, -0.15) is 0 Å². The first-order valence-corrected chi connectivity index (χ1v) is 12.6. The van der Waals surface area contributed by atoms with E-state index in [1.54, 1.807) is 48.1 Å². The van der Waals surface area contributed by atoms with E-state index in [4.69, 9.17) is 8.83 Å². The molecule has 4 aromatic rings. The summed E-state index contributed by atoms with van der Waals surface area (Å²) in [4.78, 5) is 29.5. The lowest BCUT2D eigenvalue weighted by molar-refractivity contribution is -0.384. The van der Waals surface area contributed by atoms with E-state index >= 15 is 0 Å². The zero-order chi connectivity index (χ0) is 24.4. The fourth-order valence-electron chi connectivity index (χ4n) is 4.05. The summed E-state index contributed by atoms with van der Waals surface area (Å²) in [6.07, 6.45) is 7.16. The van der Waals surface area contributed by atoms with Gasteiger partial charge in [-0.15, -0.1) is 11.3 Å². The summed E-state index contributed by atoms with van der Waals surface area (Å²) < 4.78 is 11.8. The van der Waals surface area contributed by atoms with Crippen molar-refractivity contribution < 1.29 is 18.6 Å². The van der Waals surface area contributed by atoms with Crippen LogP contribution >= 0.6 is 27.3 Å². The van der Waals surface area contributed by atoms with E-state index in [0.29, 0.717) is 44.4 Å². The lowest BCUT2D eigenvalue weighted by atomic mass is 9.95. The van der Waals surface area contributed by atoms with Crippen molar-refractivity contribution in [1.82, 2.24) is 5.32 Å². The number of nitrogens with one attached hydrogen (secondary N) is 1. The third kappa shape index (κ3) is 4.98. The largest absolute Gasteiger partial charge is 0.467 e. The van der Waals surface area contributed by atoms with Gasteiger partial charge in [0.15, 0.2) is 0 Å². The average Bonchev–Trinajstić information content (AvgIpc) is 3.61. The van der Waals surface area contributed by atoms with Crippen molar-refractivity contribution in [2.45, 2.75) is 32.2 Å². The van der Waals surface area contributed by atoms with Gasteiger partial charge in [-0.25, -0.2) is 4.99 Å². The number of rotatable bonds is 7. The number of fused-ring (bicyclic) bond motifs is 1.